The summed E-state index contributed by atoms with van der Waals surface area (Å²) in [7, 11) is -8.65. The fourth-order valence-electron chi connectivity index (χ4n) is 0.948. The Hall–Kier alpha value is -0.820. The second kappa shape index (κ2) is 5.05. The van der Waals surface area contributed by atoms with Gasteiger partial charge in [-0.05, 0) is 6.92 Å². The van der Waals surface area contributed by atoms with E-state index in [9.17, 15) is 25.2 Å². The molecule has 0 bridgehead atoms. The van der Waals surface area contributed by atoms with Gasteiger partial charge in [0.05, 0.1) is 13.7 Å². The van der Waals surface area contributed by atoms with E-state index in [-0.39, 0.29) is 0 Å². The summed E-state index contributed by atoms with van der Waals surface area (Å²) in [6.45, 7) is 4.54. The molecule has 0 atom stereocenters. The van der Waals surface area contributed by atoms with Crippen molar-refractivity contribution in [3.8, 4) is 0 Å². The summed E-state index contributed by atoms with van der Waals surface area (Å²) in [6.07, 6.45) is 6.10. The molecule has 0 aliphatic rings. The first-order chi connectivity index (χ1) is 7.78. The van der Waals surface area contributed by atoms with Gasteiger partial charge in [-0.3, -0.25) is 0 Å². The van der Waals surface area contributed by atoms with E-state index in [1.165, 1.54) is 0 Å². The Bertz CT molecular complexity index is 361. The monoisotopic (exact) mass is 300 g/mol. The van der Waals surface area contributed by atoms with Gasteiger partial charge in [0.1, 0.15) is 18.9 Å². The third kappa shape index (κ3) is 17.6. The zero-order chi connectivity index (χ0) is 14.5. The average Bonchev–Trinajstić information content (AvgIpc) is 2.46. The van der Waals surface area contributed by atoms with Gasteiger partial charge < -0.3 is 4.74 Å². The van der Waals surface area contributed by atoms with Crippen molar-refractivity contribution in [3.63, 3.8) is 0 Å². The van der Waals surface area contributed by atoms with Crippen LogP contribution >= 0.6 is 7.81 Å². The Morgan fingerprint density at radius 1 is 1.17 bits per heavy atom. The zero-order valence-corrected chi connectivity index (χ0v) is 10.8. The molecular weight excluding hydrogens is 285 g/mol. The van der Waals surface area contributed by atoms with Gasteiger partial charge in [0, 0.05) is 6.61 Å². The number of imidazole rings is 1. The molecule has 18 heavy (non-hydrogen) atoms. The molecule has 1 heterocycles. The molecule has 0 saturated carbocycles. The maximum atomic E-state index is 9.87. The minimum atomic E-state index is -10.7. The Balaban J connectivity index is 0.000000360. The van der Waals surface area contributed by atoms with Crippen LogP contribution in [0.5, 0.6) is 0 Å². The number of ether oxygens (including phenoxy) is 1. The second-order valence-corrected chi connectivity index (χ2v) is 5.39. The number of aromatic nitrogens is 2. The van der Waals surface area contributed by atoms with Crippen molar-refractivity contribution < 1.29 is 34.5 Å². The molecule has 0 aliphatic carbocycles. The first-order valence-corrected chi connectivity index (χ1v) is 6.96. The van der Waals surface area contributed by atoms with Crippen molar-refractivity contribution in [2.24, 2.45) is 7.05 Å². The summed E-state index contributed by atoms with van der Waals surface area (Å²) in [4.78, 5) is 0. The van der Waals surface area contributed by atoms with Crippen LogP contribution in [0.2, 0.25) is 0 Å². The number of nitrogens with zero attached hydrogens (tertiary/aromatic N) is 2. The summed E-state index contributed by atoms with van der Waals surface area (Å²) in [6, 6.07) is 0. The van der Waals surface area contributed by atoms with E-state index >= 15 is 0 Å². The number of aryl methyl sites for hydroxylation is 1. The Morgan fingerprint density at radius 3 is 2.00 bits per heavy atom. The van der Waals surface area contributed by atoms with Gasteiger partial charge in [-0.25, -0.2) is 9.13 Å². The Labute approximate surface area is 100 Å². The van der Waals surface area contributed by atoms with Gasteiger partial charge in [0.25, 0.3) is 0 Å². The maximum absolute atomic E-state index is 10.7. The van der Waals surface area contributed by atoms with E-state index in [1.54, 1.807) is 0 Å². The number of hydrogen-bond acceptors (Lipinski definition) is 1. The van der Waals surface area contributed by atoms with E-state index in [1.807, 2.05) is 37.3 Å². The van der Waals surface area contributed by atoms with E-state index in [0.29, 0.717) is 0 Å². The van der Waals surface area contributed by atoms with Crippen LogP contribution in [0.3, 0.4) is 0 Å². The second-order valence-electron chi connectivity index (χ2n) is 3.47. The van der Waals surface area contributed by atoms with Crippen molar-refractivity contribution in [2.45, 2.75) is 13.5 Å². The summed E-state index contributed by atoms with van der Waals surface area (Å²) in [5, 5.41) is 0. The normalized spacial score (nSPS) is 15.3. The third-order valence-corrected chi connectivity index (χ3v) is 1.52. The SMILES string of the molecule is CCOCCn1cc[n+](C)c1.F[P-](F)(F)(F)(F)F. The van der Waals surface area contributed by atoms with Crippen molar-refractivity contribution in [1.29, 1.82) is 0 Å². The average molecular weight is 300 g/mol. The molecular formula is C8H15F6N2OP. The van der Waals surface area contributed by atoms with E-state index in [2.05, 4.69) is 4.57 Å². The molecule has 0 unspecified atom stereocenters. The van der Waals surface area contributed by atoms with Crippen LogP contribution in [-0.2, 0) is 18.3 Å². The van der Waals surface area contributed by atoms with Crippen LogP contribution < -0.4 is 4.57 Å². The van der Waals surface area contributed by atoms with Crippen LogP contribution in [0.25, 0.3) is 0 Å². The molecule has 110 valence electrons. The van der Waals surface area contributed by atoms with Gasteiger partial charge in [0.15, 0.2) is 0 Å². The van der Waals surface area contributed by atoms with E-state index in [4.69, 9.17) is 4.74 Å². The summed E-state index contributed by atoms with van der Waals surface area (Å²) in [5.74, 6) is 0. The van der Waals surface area contributed by atoms with Gasteiger partial charge in [0.2, 0.25) is 6.33 Å². The third-order valence-electron chi connectivity index (χ3n) is 1.52. The van der Waals surface area contributed by atoms with Crippen molar-refractivity contribution in [1.82, 2.24) is 4.57 Å². The number of hydrogen-bond donors (Lipinski definition) is 0. The van der Waals surface area contributed by atoms with Gasteiger partial charge in [-0.2, -0.15) is 0 Å². The number of halogens is 6. The van der Waals surface area contributed by atoms with Crippen LogP contribution in [0.1, 0.15) is 6.92 Å². The van der Waals surface area contributed by atoms with Crippen LogP contribution in [0, 0.1) is 0 Å². The van der Waals surface area contributed by atoms with Gasteiger partial charge >= 0.3 is 33.0 Å². The standard InChI is InChI=1S/C8H15N2O.F6P/c1-3-11-7-6-10-5-4-9(2)8-10;1-7(2,3,4,5)6/h4-5,8H,3,6-7H2,1-2H3;/q+1;-1. The minimum absolute atomic E-state index is 0.797. The van der Waals surface area contributed by atoms with Gasteiger partial charge in [-0.1, -0.05) is 0 Å². The molecule has 0 radical (unpaired) electrons. The van der Waals surface area contributed by atoms with Crippen LogP contribution in [0.4, 0.5) is 25.2 Å². The molecule has 0 N–H and O–H groups in total. The summed E-state index contributed by atoms with van der Waals surface area (Å²) >= 11 is 0. The molecule has 1 rings (SSSR count). The molecule has 3 nitrogen and oxygen atoms in total. The summed E-state index contributed by atoms with van der Waals surface area (Å²) < 4.78 is 68.5. The predicted octanol–water partition coefficient (Wildman–Crippen LogP) is 3.73. The van der Waals surface area contributed by atoms with Crippen LogP contribution in [-0.4, -0.2) is 17.8 Å². The zero-order valence-electron chi connectivity index (χ0n) is 9.87. The molecule has 0 aromatic carbocycles. The van der Waals surface area contributed by atoms with E-state index in [0.717, 1.165) is 19.8 Å². The topological polar surface area (TPSA) is 18.0 Å². The van der Waals surface area contributed by atoms with E-state index < -0.39 is 7.81 Å². The molecule has 0 fully saturated rings. The molecule has 1 aromatic heterocycles. The molecule has 1 aromatic rings. The fraction of sp³-hybridized carbons (Fsp3) is 0.625. The number of rotatable bonds is 4. The van der Waals surface area contributed by atoms with Crippen molar-refractivity contribution >= 4 is 7.81 Å². The first-order valence-electron chi connectivity index (χ1n) is 4.93. The predicted molar refractivity (Wildman–Crippen MR) is 55.7 cm³/mol. The molecule has 0 aliphatic heterocycles. The Morgan fingerprint density at radius 2 is 1.67 bits per heavy atom. The molecule has 0 amide bonds. The van der Waals surface area contributed by atoms with Crippen molar-refractivity contribution in [2.75, 3.05) is 13.2 Å². The summed E-state index contributed by atoms with van der Waals surface area (Å²) in [5.41, 5.74) is 0. The quantitative estimate of drug-likeness (QED) is 0.358. The molecule has 0 saturated heterocycles. The van der Waals surface area contributed by atoms with Crippen molar-refractivity contribution in [3.05, 3.63) is 18.7 Å². The van der Waals surface area contributed by atoms with Gasteiger partial charge in [-0.15, -0.1) is 0 Å². The van der Waals surface area contributed by atoms with Crippen LogP contribution in [0.15, 0.2) is 18.7 Å². The fourth-order valence-corrected chi connectivity index (χ4v) is 0.948. The first kappa shape index (κ1) is 17.2. The molecule has 0 spiro atoms. The Kier molecular flexibility index (Phi) is 4.82. The molecule has 10 heteroatoms.